The number of nitrogens with zero attached hydrogens (tertiary/aromatic N) is 1. The maximum atomic E-state index is 12.6. The van der Waals surface area contributed by atoms with E-state index < -0.39 is 5.91 Å². The van der Waals surface area contributed by atoms with E-state index in [0.29, 0.717) is 11.4 Å². The Morgan fingerprint density at radius 3 is 2.27 bits per heavy atom. The number of allylic oxidation sites excluding steroid dienone is 1. The van der Waals surface area contributed by atoms with Crippen molar-refractivity contribution in [1.29, 1.82) is 0 Å². The molecule has 1 amide bonds. The van der Waals surface area contributed by atoms with Crippen molar-refractivity contribution in [2.75, 3.05) is 6.67 Å². The number of nitrogens with two attached hydrogens (primary N) is 1. The van der Waals surface area contributed by atoms with Gasteiger partial charge in [-0.25, -0.2) is 6.92 Å². The van der Waals surface area contributed by atoms with E-state index in [-0.39, 0.29) is 37.4 Å². The summed E-state index contributed by atoms with van der Waals surface area (Å²) < 4.78 is 6.00. The van der Waals surface area contributed by atoms with Crippen molar-refractivity contribution in [2.24, 2.45) is 5.73 Å². The Kier molecular flexibility index (Phi) is 7.23. The largest absolute Gasteiger partial charge is 1.00 e. The van der Waals surface area contributed by atoms with Crippen molar-refractivity contribution in [3.63, 3.8) is 0 Å². The monoisotopic (exact) mass is 342 g/mol. The van der Waals surface area contributed by atoms with E-state index in [1.54, 1.807) is 12.1 Å². The Bertz CT molecular complexity index is 753. The molecule has 0 aliphatic heterocycles. The second-order valence-electron chi connectivity index (χ2n) is 5.86. The molecular weight excluding hydrogens is 321 g/mol. The average molecular weight is 342 g/mol. The minimum Gasteiger partial charge on any atom is -0.637 e. The molecule has 0 saturated heterocycles. The topological polar surface area (TPSA) is 78.4 Å². The maximum absolute atomic E-state index is 12.6. The van der Waals surface area contributed by atoms with Crippen LogP contribution in [-0.4, -0.2) is 18.7 Å². The van der Waals surface area contributed by atoms with E-state index in [1.165, 1.54) is 11.1 Å². The molecule has 0 spiro atoms. The molecule has 0 fully saturated rings. The molecule has 1 aliphatic carbocycles. The third kappa shape index (κ3) is 4.86. The molecule has 0 radical (unpaired) electrons. The molecule has 26 heavy (non-hydrogen) atoms. The van der Waals surface area contributed by atoms with Gasteiger partial charge in [0, 0.05) is 24.5 Å². The van der Waals surface area contributed by atoms with E-state index in [4.69, 9.17) is 10.5 Å². The van der Waals surface area contributed by atoms with Gasteiger partial charge in [0.2, 0.25) is 0 Å². The van der Waals surface area contributed by atoms with E-state index in [0.717, 1.165) is 12.8 Å². The molecule has 2 aromatic rings. The first-order valence-electron chi connectivity index (χ1n) is 8.22. The third-order valence-corrected chi connectivity index (χ3v) is 4.07. The van der Waals surface area contributed by atoms with Crippen molar-refractivity contribution in [3.8, 4) is 0 Å². The molecule has 3 rings (SSSR count). The van der Waals surface area contributed by atoms with E-state index >= 15 is 0 Å². The van der Waals surface area contributed by atoms with Crippen molar-refractivity contribution >= 4 is 11.6 Å². The van der Waals surface area contributed by atoms with Crippen molar-refractivity contribution in [1.82, 2.24) is 5.32 Å². The van der Waals surface area contributed by atoms with Crippen molar-refractivity contribution in [3.05, 3.63) is 89.4 Å². The number of nitrogens with one attached hydrogen (secondary N) is 1. The SMILES string of the molecule is [CH2-]/C(NCN)=C(/OC1Cc2ccccc2C1)C(=O)[N-]c1ccccc1.[Li+]. The minimum atomic E-state index is -0.465. The Balaban J connectivity index is 0.00000243. The summed E-state index contributed by atoms with van der Waals surface area (Å²) in [6.45, 7) is 4.03. The fourth-order valence-electron chi connectivity index (χ4n) is 2.89. The normalized spacial score (nSPS) is 13.9. The summed E-state index contributed by atoms with van der Waals surface area (Å²) in [6, 6.07) is 17.2. The van der Waals surface area contributed by atoms with Gasteiger partial charge in [-0.3, -0.25) is 0 Å². The Labute approximate surface area is 166 Å². The summed E-state index contributed by atoms with van der Waals surface area (Å²) in [5, 5.41) is 6.96. The van der Waals surface area contributed by atoms with Crippen LogP contribution in [0.25, 0.3) is 5.32 Å². The molecule has 2 aromatic carbocycles. The first-order valence-corrected chi connectivity index (χ1v) is 8.22. The van der Waals surface area contributed by atoms with Gasteiger partial charge in [-0.2, -0.15) is 0 Å². The van der Waals surface area contributed by atoms with Crippen molar-refractivity contribution in [2.45, 2.75) is 18.9 Å². The molecule has 0 aromatic heterocycles. The van der Waals surface area contributed by atoms with Crippen LogP contribution in [0, 0.1) is 6.92 Å². The van der Waals surface area contributed by atoms with E-state index in [9.17, 15) is 4.79 Å². The predicted molar refractivity (Wildman–Crippen MR) is 97.8 cm³/mol. The first kappa shape index (κ1) is 20.0. The number of carbonyl (C=O) groups excluding carboxylic acids is 1. The summed E-state index contributed by atoms with van der Waals surface area (Å²) in [5.74, 6) is -0.347. The van der Waals surface area contributed by atoms with Crippen LogP contribution in [-0.2, 0) is 22.4 Å². The van der Waals surface area contributed by atoms with Crippen LogP contribution in [0.1, 0.15) is 11.1 Å². The predicted octanol–water partition coefficient (Wildman–Crippen LogP) is -0.0421. The van der Waals surface area contributed by atoms with E-state index in [2.05, 4.69) is 29.7 Å². The van der Waals surface area contributed by atoms with Gasteiger partial charge in [0.05, 0.1) is 12.8 Å². The van der Waals surface area contributed by atoms with Gasteiger partial charge in [0.1, 0.15) is 0 Å². The summed E-state index contributed by atoms with van der Waals surface area (Å²) in [5.41, 5.74) is 8.93. The van der Waals surface area contributed by atoms with Crippen LogP contribution in [0.5, 0.6) is 0 Å². The van der Waals surface area contributed by atoms with E-state index in [1.807, 2.05) is 30.3 Å². The first-order chi connectivity index (χ1) is 12.2. The van der Waals surface area contributed by atoms with Gasteiger partial charge >= 0.3 is 18.9 Å². The maximum Gasteiger partial charge on any atom is 1.00 e. The third-order valence-electron chi connectivity index (χ3n) is 4.07. The summed E-state index contributed by atoms with van der Waals surface area (Å²) in [7, 11) is 0. The number of benzene rings is 2. The van der Waals surface area contributed by atoms with Gasteiger partial charge in [0.15, 0.2) is 0 Å². The number of fused-ring (bicyclic) bond motifs is 1. The number of para-hydroxylation sites is 1. The zero-order chi connectivity index (χ0) is 17.6. The van der Waals surface area contributed by atoms with Gasteiger partial charge in [-0.1, -0.05) is 60.3 Å². The second-order valence-corrected chi connectivity index (χ2v) is 5.86. The summed E-state index contributed by atoms with van der Waals surface area (Å²) >= 11 is 0. The smallest absolute Gasteiger partial charge is 0.637 e. The molecule has 0 saturated carbocycles. The minimum absolute atomic E-state index is 0. The van der Waals surface area contributed by atoms with Crippen LogP contribution < -0.4 is 29.9 Å². The fraction of sp³-hybridized carbons (Fsp3) is 0.200. The molecule has 5 nitrogen and oxygen atoms in total. The van der Waals surface area contributed by atoms with Crippen LogP contribution in [0.4, 0.5) is 5.69 Å². The van der Waals surface area contributed by atoms with Crippen molar-refractivity contribution < 1.29 is 28.4 Å². The molecule has 0 unspecified atom stereocenters. The number of ether oxygens (including phenoxy) is 1. The fourth-order valence-corrected chi connectivity index (χ4v) is 2.89. The zero-order valence-electron chi connectivity index (χ0n) is 14.9. The summed E-state index contributed by atoms with van der Waals surface area (Å²) in [6.07, 6.45) is 1.40. The molecule has 0 atom stereocenters. The Morgan fingerprint density at radius 1 is 1.12 bits per heavy atom. The Hall–Kier alpha value is -2.32. The average Bonchev–Trinajstić information content (AvgIpc) is 3.03. The van der Waals surface area contributed by atoms with Gasteiger partial charge in [-0.15, -0.1) is 5.69 Å². The number of hydrogen-bond donors (Lipinski definition) is 2. The number of rotatable bonds is 6. The molecule has 0 heterocycles. The molecule has 130 valence electrons. The summed E-state index contributed by atoms with van der Waals surface area (Å²) in [4.78, 5) is 12.6. The molecule has 1 aliphatic rings. The van der Waals surface area contributed by atoms with Crippen LogP contribution in [0.2, 0.25) is 0 Å². The van der Waals surface area contributed by atoms with Crippen LogP contribution in [0.3, 0.4) is 0 Å². The molecular formula is C20H21LiN3O2-. The standard InChI is InChI=1S/C20H22N3O2.Li/c1-14(22-13-21)19(20(24)23-17-9-3-2-4-10-17)25-18-11-15-7-5-6-8-16(15)12-18;/h2-10,18H,1,11-13,21H2,(H2,22,23,24);/q-1;+1/p-1. The molecule has 0 bridgehead atoms. The number of carbonyl (C=O) groups is 1. The Morgan fingerprint density at radius 2 is 1.69 bits per heavy atom. The number of hydrogen-bond acceptors (Lipinski definition) is 4. The van der Waals surface area contributed by atoms with Gasteiger partial charge in [0.25, 0.3) is 0 Å². The second kappa shape index (κ2) is 9.40. The number of amides is 1. The quantitative estimate of drug-likeness (QED) is 0.254. The van der Waals surface area contributed by atoms with Gasteiger partial charge in [-0.05, 0) is 11.1 Å². The molecule has 6 heteroatoms. The van der Waals surface area contributed by atoms with Crippen LogP contribution in [0.15, 0.2) is 66.1 Å². The van der Waals surface area contributed by atoms with Crippen LogP contribution >= 0.6 is 0 Å². The zero-order valence-corrected chi connectivity index (χ0v) is 14.9. The van der Waals surface area contributed by atoms with Gasteiger partial charge < -0.3 is 25.9 Å². The molecule has 3 N–H and O–H groups in total.